The molecule has 2 N–H and O–H groups in total. The van der Waals surface area contributed by atoms with Crippen LogP contribution >= 0.6 is 0 Å². The monoisotopic (exact) mass is 198 g/mol. The van der Waals surface area contributed by atoms with Gasteiger partial charge in [0.05, 0.1) is 0 Å². The molecule has 0 saturated heterocycles. The molecular formula is C11H22N2O. The molecule has 0 atom stereocenters. The maximum atomic E-state index is 11.4. The first-order valence-corrected chi connectivity index (χ1v) is 5.87. The molecule has 1 fully saturated rings. The minimum Gasteiger partial charge on any atom is -0.338 e. The molecule has 0 aromatic carbocycles. The zero-order valence-electron chi connectivity index (χ0n) is 9.14. The highest BCUT2D eigenvalue weighted by atomic mass is 16.2. The number of rotatable bonds is 3. The van der Waals surface area contributed by atoms with Crippen LogP contribution in [0.5, 0.6) is 0 Å². The van der Waals surface area contributed by atoms with E-state index in [2.05, 4.69) is 17.6 Å². The predicted octanol–water partition coefficient (Wildman–Crippen LogP) is 2.42. The van der Waals surface area contributed by atoms with Gasteiger partial charge in [-0.2, -0.15) is 0 Å². The second kappa shape index (κ2) is 6.68. The third-order valence-electron chi connectivity index (χ3n) is 2.73. The van der Waals surface area contributed by atoms with Crippen molar-refractivity contribution in [1.82, 2.24) is 10.6 Å². The lowest BCUT2D eigenvalue weighted by Gasteiger charge is -2.16. The maximum Gasteiger partial charge on any atom is 0.315 e. The quantitative estimate of drug-likeness (QED) is 0.672. The number of hydrogen-bond acceptors (Lipinski definition) is 1. The SMILES string of the molecule is CCCNC(=O)NC1CCCCCC1. The lowest BCUT2D eigenvalue weighted by Crippen LogP contribution is -2.42. The summed E-state index contributed by atoms with van der Waals surface area (Å²) in [6.07, 6.45) is 8.48. The van der Waals surface area contributed by atoms with Crippen LogP contribution in [0.25, 0.3) is 0 Å². The fraction of sp³-hybridized carbons (Fsp3) is 0.909. The van der Waals surface area contributed by atoms with Gasteiger partial charge in [0.1, 0.15) is 0 Å². The van der Waals surface area contributed by atoms with Gasteiger partial charge in [-0.05, 0) is 19.3 Å². The largest absolute Gasteiger partial charge is 0.338 e. The molecule has 1 aliphatic carbocycles. The predicted molar refractivity (Wildman–Crippen MR) is 58.3 cm³/mol. The van der Waals surface area contributed by atoms with Gasteiger partial charge in [-0.15, -0.1) is 0 Å². The Morgan fingerprint density at radius 3 is 2.43 bits per heavy atom. The van der Waals surface area contributed by atoms with Gasteiger partial charge >= 0.3 is 6.03 Å². The number of carbonyl (C=O) groups excluding carboxylic acids is 1. The lowest BCUT2D eigenvalue weighted by atomic mass is 10.1. The van der Waals surface area contributed by atoms with Gasteiger partial charge in [0, 0.05) is 12.6 Å². The fourth-order valence-electron chi connectivity index (χ4n) is 1.90. The van der Waals surface area contributed by atoms with Crippen LogP contribution in [0.1, 0.15) is 51.9 Å². The molecule has 82 valence electrons. The molecule has 1 saturated carbocycles. The molecule has 3 heteroatoms. The Hall–Kier alpha value is -0.730. The van der Waals surface area contributed by atoms with Crippen LogP contribution in [0.3, 0.4) is 0 Å². The Bertz CT molecular complexity index is 163. The first kappa shape index (κ1) is 11.3. The summed E-state index contributed by atoms with van der Waals surface area (Å²) in [5, 5.41) is 5.89. The average molecular weight is 198 g/mol. The number of carbonyl (C=O) groups is 1. The highest BCUT2D eigenvalue weighted by molar-refractivity contribution is 5.74. The van der Waals surface area contributed by atoms with E-state index in [-0.39, 0.29) is 6.03 Å². The molecule has 0 aromatic heterocycles. The Kier molecular flexibility index (Phi) is 5.42. The van der Waals surface area contributed by atoms with Gasteiger partial charge in [0.2, 0.25) is 0 Å². The van der Waals surface area contributed by atoms with Crippen LogP contribution in [0, 0.1) is 0 Å². The third-order valence-corrected chi connectivity index (χ3v) is 2.73. The van der Waals surface area contributed by atoms with Crippen molar-refractivity contribution in [3.8, 4) is 0 Å². The molecule has 0 spiro atoms. The maximum absolute atomic E-state index is 11.4. The number of hydrogen-bond donors (Lipinski definition) is 2. The van der Waals surface area contributed by atoms with E-state index in [0.29, 0.717) is 6.04 Å². The van der Waals surface area contributed by atoms with E-state index in [1.54, 1.807) is 0 Å². The zero-order chi connectivity index (χ0) is 10.2. The molecule has 0 unspecified atom stereocenters. The van der Waals surface area contributed by atoms with Crippen molar-refractivity contribution in [3.63, 3.8) is 0 Å². The summed E-state index contributed by atoms with van der Waals surface area (Å²) in [5.74, 6) is 0. The summed E-state index contributed by atoms with van der Waals surface area (Å²) < 4.78 is 0. The molecule has 0 radical (unpaired) electrons. The van der Waals surface area contributed by atoms with Gasteiger partial charge < -0.3 is 10.6 Å². The molecule has 14 heavy (non-hydrogen) atoms. The molecular weight excluding hydrogens is 176 g/mol. The molecule has 0 aromatic rings. The standard InChI is InChI=1S/C11H22N2O/c1-2-9-12-11(14)13-10-7-5-3-4-6-8-10/h10H,2-9H2,1H3,(H2,12,13,14). The Morgan fingerprint density at radius 2 is 1.86 bits per heavy atom. The second-order valence-corrected chi connectivity index (χ2v) is 4.09. The van der Waals surface area contributed by atoms with E-state index in [9.17, 15) is 4.79 Å². The first-order valence-electron chi connectivity index (χ1n) is 5.87. The van der Waals surface area contributed by atoms with Crippen molar-refractivity contribution < 1.29 is 4.79 Å². The van der Waals surface area contributed by atoms with E-state index in [4.69, 9.17) is 0 Å². The zero-order valence-corrected chi connectivity index (χ0v) is 9.14. The summed E-state index contributed by atoms with van der Waals surface area (Å²) in [5.41, 5.74) is 0. The minimum absolute atomic E-state index is 0.0127. The Labute approximate surface area is 86.6 Å². The first-order chi connectivity index (χ1) is 6.83. The van der Waals surface area contributed by atoms with Gasteiger partial charge in [-0.25, -0.2) is 4.79 Å². The lowest BCUT2D eigenvalue weighted by molar-refractivity contribution is 0.235. The highest BCUT2D eigenvalue weighted by Gasteiger charge is 2.13. The minimum atomic E-state index is 0.0127. The van der Waals surface area contributed by atoms with E-state index < -0.39 is 0 Å². The van der Waals surface area contributed by atoms with Gasteiger partial charge in [0.15, 0.2) is 0 Å². The molecule has 0 bridgehead atoms. The van der Waals surface area contributed by atoms with Gasteiger partial charge in [-0.3, -0.25) is 0 Å². The number of nitrogens with one attached hydrogen (secondary N) is 2. The second-order valence-electron chi connectivity index (χ2n) is 4.09. The summed E-state index contributed by atoms with van der Waals surface area (Å²) in [6.45, 7) is 2.84. The van der Waals surface area contributed by atoms with E-state index in [1.807, 2.05) is 0 Å². The molecule has 3 nitrogen and oxygen atoms in total. The molecule has 0 heterocycles. The number of urea groups is 1. The number of amides is 2. The van der Waals surface area contributed by atoms with Crippen LogP contribution in [0.2, 0.25) is 0 Å². The van der Waals surface area contributed by atoms with Crippen LogP contribution < -0.4 is 10.6 Å². The molecule has 1 aliphatic rings. The van der Waals surface area contributed by atoms with Crippen molar-refractivity contribution in [1.29, 1.82) is 0 Å². The van der Waals surface area contributed by atoms with E-state index in [1.165, 1.54) is 25.7 Å². The fourth-order valence-corrected chi connectivity index (χ4v) is 1.90. The Morgan fingerprint density at radius 1 is 1.21 bits per heavy atom. The highest BCUT2D eigenvalue weighted by Crippen LogP contribution is 2.16. The molecule has 0 aliphatic heterocycles. The van der Waals surface area contributed by atoms with Gasteiger partial charge in [0.25, 0.3) is 0 Å². The van der Waals surface area contributed by atoms with Gasteiger partial charge in [-0.1, -0.05) is 32.6 Å². The smallest absolute Gasteiger partial charge is 0.315 e. The van der Waals surface area contributed by atoms with Crippen LogP contribution in [0.4, 0.5) is 4.79 Å². The topological polar surface area (TPSA) is 41.1 Å². The molecule has 1 rings (SSSR count). The normalized spacial score (nSPS) is 18.6. The van der Waals surface area contributed by atoms with Crippen molar-refractivity contribution >= 4 is 6.03 Å². The van der Waals surface area contributed by atoms with E-state index >= 15 is 0 Å². The molecule has 2 amide bonds. The van der Waals surface area contributed by atoms with Crippen molar-refractivity contribution in [2.45, 2.75) is 57.9 Å². The summed E-state index contributed by atoms with van der Waals surface area (Å²) in [4.78, 5) is 11.4. The van der Waals surface area contributed by atoms with Crippen molar-refractivity contribution in [3.05, 3.63) is 0 Å². The van der Waals surface area contributed by atoms with Crippen molar-refractivity contribution in [2.24, 2.45) is 0 Å². The van der Waals surface area contributed by atoms with Crippen LogP contribution in [0.15, 0.2) is 0 Å². The third kappa shape index (κ3) is 4.49. The van der Waals surface area contributed by atoms with Crippen LogP contribution in [-0.4, -0.2) is 18.6 Å². The van der Waals surface area contributed by atoms with E-state index in [0.717, 1.165) is 25.8 Å². The van der Waals surface area contributed by atoms with Crippen LogP contribution in [-0.2, 0) is 0 Å². The Balaban J connectivity index is 2.17. The average Bonchev–Trinajstić information content (AvgIpc) is 2.43. The van der Waals surface area contributed by atoms with Crippen molar-refractivity contribution in [2.75, 3.05) is 6.54 Å². The summed E-state index contributed by atoms with van der Waals surface area (Å²) in [7, 11) is 0. The summed E-state index contributed by atoms with van der Waals surface area (Å²) in [6, 6.07) is 0.424. The summed E-state index contributed by atoms with van der Waals surface area (Å²) >= 11 is 0.